The van der Waals surface area contributed by atoms with E-state index in [9.17, 15) is 4.79 Å². The van der Waals surface area contributed by atoms with Crippen molar-refractivity contribution in [2.45, 2.75) is 33.6 Å². The van der Waals surface area contributed by atoms with Crippen LogP contribution in [0.1, 0.15) is 43.2 Å². The first-order valence-electron chi connectivity index (χ1n) is 8.19. The molecule has 0 atom stereocenters. The molecule has 0 spiro atoms. The number of amides is 1. The molecular weight excluding hydrogens is 286 g/mol. The Morgan fingerprint density at radius 2 is 2.00 bits per heavy atom. The van der Waals surface area contributed by atoms with E-state index in [-0.39, 0.29) is 5.91 Å². The number of hydrogen-bond donors (Lipinski definition) is 2. The molecule has 2 aromatic rings. The Hall–Kier alpha value is -2.36. The maximum absolute atomic E-state index is 12.2. The van der Waals surface area contributed by atoms with Crippen molar-refractivity contribution in [3.05, 3.63) is 53.9 Å². The van der Waals surface area contributed by atoms with Gasteiger partial charge in [0.15, 0.2) is 0 Å². The topological polar surface area (TPSA) is 54.0 Å². The van der Waals surface area contributed by atoms with E-state index in [1.54, 1.807) is 12.3 Å². The minimum atomic E-state index is -0.127. The minimum absolute atomic E-state index is 0.127. The molecule has 0 aliphatic heterocycles. The predicted octanol–water partition coefficient (Wildman–Crippen LogP) is 4.16. The van der Waals surface area contributed by atoms with Crippen molar-refractivity contribution in [3.8, 4) is 0 Å². The van der Waals surface area contributed by atoms with E-state index in [0.717, 1.165) is 24.2 Å². The van der Waals surface area contributed by atoms with E-state index in [4.69, 9.17) is 0 Å². The van der Waals surface area contributed by atoms with E-state index in [1.165, 1.54) is 5.56 Å². The van der Waals surface area contributed by atoms with Gasteiger partial charge in [-0.25, -0.2) is 0 Å². The second-order valence-electron chi connectivity index (χ2n) is 6.00. The van der Waals surface area contributed by atoms with E-state index < -0.39 is 0 Å². The van der Waals surface area contributed by atoms with Crippen molar-refractivity contribution in [1.29, 1.82) is 0 Å². The Bertz CT molecular complexity index is 653. The summed E-state index contributed by atoms with van der Waals surface area (Å²) in [6.45, 7) is 7.08. The van der Waals surface area contributed by atoms with Crippen LogP contribution >= 0.6 is 0 Å². The standard InChI is InChI=1S/C19H25N3O/c1-4-15-7-5-6-8-17(15)22-16-10-12-20-18(13-16)19(23)21-11-9-14(2)3/h5-8,10,12-14H,4,9,11H2,1-3H3,(H,20,22)(H,21,23). The molecular formula is C19H25N3O. The number of hydrogen-bond acceptors (Lipinski definition) is 3. The summed E-state index contributed by atoms with van der Waals surface area (Å²) in [4.78, 5) is 16.3. The third-order valence-electron chi connectivity index (χ3n) is 3.68. The molecule has 2 N–H and O–H groups in total. The van der Waals surface area contributed by atoms with Crippen molar-refractivity contribution in [2.75, 3.05) is 11.9 Å². The Morgan fingerprint density at radius 1 is 1.22 bits per heavy atom. The zero-order chi connectivity index (χ0) is 16.7. The Kier molecular flexibility index (Phi) is 6.15. The number of rotatable bonds is 7. The largest absolute Gasteiger partial charge is 0.355 e. The van der Waals surface area contributed by atoms with Gasteiger partial charge in [0.2, 0.25) is 0 Å². The van der Waals surface area contributed by atoms with Gasteiger partial charge in [-0.15, -0.1) is 0 Å². The van der Waals surface area contributed by atoms with Crippen molar-refractivity contribution >= 4 is 17.3 Å². The summed E-state index contributed by atoms with van der Waals surface area (Å²) in [6.07, 6.45) is 3.58. The summed E-state index contributed by atoms with van der Waals surface area (Å²) < 4.78 is 0. The molecule has 0 aliphatic carbocycles. The van der Waals surface area contributed by atoms with Gasteiger partial charge in [-0.1, -0.05) is 39.0 Å². The molecule has 0 radical (unpaired) electrons. The van der Waals surface area contributed by atoms with E-state index >= 15 is 0 Å². The zero-order valence-electron chi connectivity index (χ0n) is 14.1. The van der Waals surface area contributed by atoms with Crippen molar-refractivity contribution < 1.29 is 4.79 Å². The molecule has 0 bridgehead atoms. The molecule has 0 saturated heterocycles. The smallest absolute Gasteiger partial charge is 0.269 e. The first-order valence-corrected chi connectivity index (χ1v) is 8.19. The normalized spacial score (nSPS) is 10.6. The van der Waals surface area contributed by atoms with Crippen LogP contribution in [0.25, 0.3) is 0 Å². The van der Waals surface area contributed by atoms with Crippen LogP contribution < -0.4 is 10.6 Å². The molecule has 23 heavy (non-hydrogen) atoms. The molecule has 1 aromatic heterocycles. The fourth-order valence-electron chi connectivity index (χ4n) is 2.30. The highest BCUT2D eigenvalue weighted by atomic mass is 16.1. The predicted molar refractivity (Wildman–Crippen MR) is 95.1 cm³/mol. The lowest BCUT2D eigenvalue weighted by atomic mass is 10.1. The number of para-hydroxylation sites is 1. The molecule has 4 nitrogen and oxygen atoms in total. The number of benzene rings is 1. The molecule has 0 aliphatic rings. The number of anilines is 2. The van der Waals surface area contributed by atoms with Crippen LogP contribution in [0.15, 0.2) is 42.6 Å². The molecule has 1 heterocycles. The van der Waals surface area contributed by atoms with Crippen molar-refractivity contribution in [1.82, 2.24) is 10.3 Å². The van der Waals surface area contributed by atoms with Crippen LogP contribution in [-0.4, -0.2) is 17.4 Å². The van der Waals surface area contributed by atoms with Crippen LogP contribution in [0.2, 0.25) is 0 Å². The first kappa shape index (κ1) is 17.0. The SMILES string of the molecule is CCc1ccccc1Nc1ccnc(C(=O)NCCC(C)C)c1. The fourth-order valence-corrected chi connectivity index (χ4v) is 2.30. The van der Waals surface area contributed by atoms with Gasteiger partial charge in [-0.2, -0.15) is 0 Å². The molecule has 1 aromatic carbocycles. The highest BCUT2D eigenvalue weighted by Gasteiger charge is 2.08. The third kappa shape index (κ3) is 5.09. The Labute approximate surface area is 138 Å². The van der Waals surface area contributed by atoms with Crippen LogP contribution in [-0.2, 0) is 6.42 Å². The quantitative estimate of drug-likeness (QED) is 0.807. The Morgan fingerprint density at radius 3 is 2.74 bits per heavy atom. The summed E-state index contributed by atoms with van der Waals surface area (Å²) in [5.41, 5.74) is 3.61. The summed E-state index contributed by atoms with van der Waals surface area (Å²) >= 11 is 0. The fraction of sp³-hybridized carbons (Fsp3) is 0.368. The maximum Gasteiger partial charge on any atom is 0.269 e. The van der Waals surface area contributed by atoms with Gasteiger partial charge < -0.3 is 10.6 Å². The number of nitrogens with one attached hydrogen (secondary N) is 2. The minimum Gasteiger partial charge on any atom is -0.355 e. The number of pyridine rings is 1. The van der Waals surface area contributed by atoms with E-state index in [1.807, 2.05) is 24.3 Å². The van der Waals surface area contributed by atoms with Gasteiger partial charge in [-0.05, 0) is 42.5 Å². The number of aromatic nitrogens is 1. The molecule has 122 valence electrons. The van der Waals surface area contributed by atoms with Crippen LogP contribution in [0, 0.1) is 5.92 Å². The van der Waals surface area contributed by atoms with Crippen LogP contribution in [0.5, 0.6) is 0 Å². The lowest BCUT2D eigenvalue weighted by Crippen LogP contribution is -2.26. The van der Waals surface area contributed by atoms with E-state index in [2.05, 4.69) is 42.5 Å². The third-order valence-corrected chi connectivity index (χ3v) is 3.68. The molecule has 0 saturated carbocycles. The van der Waals surface area contributed by atoms with Gasteiger partial charge in [0.05, 0.1) is 0 Å². The van der Waals surface area contributed by atoms with Crippen LogP contribution in [0.4, 0.5) is 11.4 Å². The van der Waals surface area contributed by atoms with Gasteiger partial charge in [-0.3, -0.25) is 9.78 Å². The van der Waals surface area contributed by atoms with Gasteiger partial charge >= 0.3 is 0 Å². The van der Waals surface area contributed by atoms with Gasteiger partial charge in [0.1, 0.15) is 5.69 Å². The summed E-state index contributed by atoms with van der Waals surface area (Å²) in [5.74, 6) is 0.444. The molecule has 2 rings (SSSR count). The van der Waals surface area contributed by atoms with Crippen molar-refractivity contribution in [3.63, 3.8) is 0 Å². The molecule has 4 heteroatoms. The lowest BCUT2D eigenvalue weighted by molar-refractivity contribution is 0.0947. The second kappa shape index (κ2) is 8.32. The summed E-state index contributed by atoms with van der Waals surface area (Å²) in [6, 6.07) is 11.8. The second-order valence-corrected chi connectivity index (χ2v) is 6.00. The number of carbonyl (C=O) groups excluding carboxylic acids is 1. The average molecular weight is 311 g/mol. The number of aryl methyl sites for hydroxylation is 1. The highest BCUT2D eigenvalue weighted by Crippen LogP contribution is 2.21. The van der Waals surface area contributed by atoms with Gasteiger partial charge in [0.25, 0.3) is 5.91 Å². The van der Waals surface area contributed by atoms with E-state index in [0.29, 0.717) is 18.2 Å². The van der Waals surface area contributed by atoms with Crippen molar-refractivity contribution in [2.24, 2.45) is 5.92 Å². The molecule has 0 unspecified atom stereocenters. The summed E-state index contributed by atoms with van der Waals surface area (Å²) in [7, 11) is 0. The molecule has 0 fully saturated rings. The molecule has 1 amide bonds. The number of nitrogens with zero attached hydrogens (tertiary/aromatic N) is 1. The lowest BCUT2D eigenvalue weighted by Gasteiger charge is -2.12. The van der Waals surface area contributed by atoms with Crippen LogP contribution in [0.3, 0.4) is 0 Å². The monoisotopic (exact) mass is 311 g/mol. The zero-order valence-corrected chi connectivity index (χ0v) is 14.1. The maximum atomic E-state index is 12.2. The first-order chi connectivity index (χ1) is 11.1. The van der Waals surface area contributed by atoms with Gasteiger partial charge in [0, 0.05) is 24.1 Å². The number of carbonyl (C=O) groups is 1. The Balaban J connectivity index is 2.06. The highest BCUT2D eigenvalue weighted by molar-refractivity contribution is 5.93. The average Bonchev–Trinajstić information content (AvgIpc) is 2.55. The summed E-state index contributed by atoms with van der Waals surface area (Å²) in [5, 5.41) is 6.29.